The first kappa shape index (κ1) is 28.0. The lowest BCUT2D eigenvalue weighted by Gasteiger charge is -2.69. The van der Waals surface area contributed by atoms with Crippen molar-refractivity contribution in [3.63, 3.8) is 0 Å². The summed E-state index contributed by atoms with van der Waals surface area (Å²) >= 11 is 0. The molecule has 3 saturated carbocycles. The molecule has 5 rings (SSSR count). The fourth-order valence-corrected chi connectivity index (χ4v) is 10.5. The highest BCUT2D eigenvalue weighted by molar-refractivity contribution is 5.66. The Morgan fingerprint density at radius 3 is 2.24 bits per heavy atom. The molecule has 0 saturated heterocycles. The monoisotopic (exact) mass is 524 g/mol. The zero-order chi connectivity index (χ0) is 27.9. The summed E-state index contributed by atoms with van der Waals surface area (Å²) < 4.78 is 11.5. The number of hydrogen-bond acceptors (Lipinski definition) is 4. The van der Waals surface area contributed by atoms with Crippen LogP contribution in [0.15, 0.2) is 23.3 Å². The molecule has 8 atom stereocenters. The predicted octanol–water partition coefficient (Wildman–Crippen LogP) is 8.20. The van der Waals surface area contributed by atoms with E-state index >= 15 is 0 Å². The zero-order valence-corrected chi connectivity index (χ0v) is 25.6. The standard InChI is InChI=1S/C34H52O4/c1-22(35)37-21-30(5)16-17-31(6)18-19-33(8)25-10-11-26-29(3,4)28(38-23(2)36)13-14-32(26,7)24(25)12-15-34(33,9)27(31)20-30/h10-11,26-28H,12-21H2,1-9H3/t26-,27+,28+,30+,31+,32+,33+,34-/m0/s1. The van der Waals surface area contributed by atoms with E-state index in [2.05, 4.69) is 60.6 Å². The second-order valence-electron chi connectivity index (χ2n) is 15.9. The summed E-state index contributed by atoms with van der Waals surface area (Å²) in [4.78, 5) is 23.6. The van der Waals surface area contributed by atoms with E-state index in [1.54, 1.807) is 18.1 Å². The van der Waals surface area contributed by atoms with Crippen molar-refractivity contribution in [2.24, 2.45) is 44.3 Å². The SMILES string of the molecule is CC(=O)OC[C@]1(C)CC[C@]2(C)CC[C@]3(C)C4=C(CC[C@@]3(C)[C@@H]2C1)[C@@]1(C)CC[C@@H](OC(C)=O)C(C)(C)[C@@H]1C=C4. The summed E-state index contributed by atoms with van der Waals surface area (Å²) in [5.74, 6) is 0.668. The van der Waals surface area contributed by atoms with Crippen LogP contribution in [0, 0.1) is 44.3 Å². The minimum absolute atomic E-state index is 0.0261. The Bertz CT molecular complexity index is 1080. The molecule has 4 nitrogen and oxygen atoms in total. The van der Waals surface area contributed by atoms with Crippen molar-refractivity contribution in [1.82, 2.24) is 0 Å². The smallest absolute Gasteiger partial charge is 0.302 e. The minimum Gasteiger partial charge on any atom is -0.465 e. The maximum absolute atomic E-state index is 11.9. The number of rotatable bonds is 3. The molecule has 0 bridgehead atoms. The van der Waals surface area contributed by atoms with Crippen molar-refractivity contribution in [3.8, 4) is 0 Å². The second kappa shape index (κ2) is 8.71. The van der Waals surface area contributed by atoms with Gasteiger partial charge in [-0.05, 0) is 96.9 Å². The topological polar surface area (TPSA) is 52.6 Å². The fraction of sp³-hybridized carbons (Fsp3) is 0.824. The van der Waals surface area contributed by atoms with Crippen LogP contribution in [0.3, 0.4) is 0 Å². The average Bonchev–Trinajstić information content (AvgIpc) is 2.82. The van der Waals surface area contributed by atoms with Crippen LogP contribution in [0.5, 0.6) is 0 Å². The Balaban J connectivity index is 1.51. The highest BCUT2D eigenvalue weighted by Gasteiger charge is 2.65. The molecule has 0 N–H and O–H groups in total. The third-order valence-electron chi connectivity index (χ3n) is 13.2. The fourth-order valence-electron chi connectivity index (χ4n) is 10.5. The quantitative estimate of drug-likeness (QED) is 0.349. The number of carbonyl (C=O) groups excluding carboxylic acids is 2. The lowest BCUT2D eigenvalue weighted by Crippen LogP contribution is -2.61. The van der Waals surface area contributed by atoms with E-state index in [0.717, 1.165) is 25.7 Å². The molecule has 5 aliphatic rings. The molecule has 0 aromatic carbocycles. The second-order valence-corrected chi connectivity index (χ2v) is 15.9. The molecule has 0 aromatic rings. The largest absolute Gasteiger partial charge is 0.465 e. The van der Waals surface area contributed by atoms with E-state index in [-0.39, 0.29) is 45.1 Å². The molecule has 3 fully saturated rings. The van der Waals surface area contributed by atoms with Crippen molar-refractivity contribution in [2.45, 2.75) is 126 Å². The molecule has 38 heavy (non-hydrogen) atoms. The van der Waals surface area contributed by atoms with Crippen molar-refractivity contribution < 1.29 is 19.1 Å². The van der Waals surface area contributed by atoms with E-state index in [1.807, 2.05) is 0 Å². The van der Waals surface area contributed by atoms with Crippen LogP contribution >= 0.6 is 0 Å². The molecule has 0 amide bonds. The maximum Gasteiger partial charge on any atom is 0.302 e. The van der Waals surface area contributed by atoms with Gasteiger partial charge in [0.05, 0.1) is 6.61 Å². The van der Waals surface area contributed by atoms with Crippen LogP contribution < -0.4 is 0 Å². The van der Waals surface area contributed by atoms with Gasteiger partial charge in [0.15, 0.2) is 0 Å². The van der Waals surface area contributed by atoms with Gasteiger partial charge < -0.3 is 9.47 Å². The summed E-state index contributed by atoms with van der Waals surface area (Å²) in [7, 11) is 0. The van der Waals surface area contributed by atoms with Gasteiger partial charge in [-0.2, -0.15) is 0 Å². The number of ether oxygens (including phenoxy) is 2. The molecule has 0 radical (unpaired) electrons. The van der Waals surface area contributed by atoms with Crippen molar-refractivity contribution in [3.05, 3.63) is 23.3 Å². The first-order valence-corrected chi connectivity index (χ1v) is 15.2. The van der Waals surface area contributed by atoms with Crippen molar-refractivity contribution in [2.75, 3.05) is 6.61 Å². The lowest BCUT2D eigenvalue weighted by atomic mass is 9.36. The molecule has 5 aliphatic carbocycles. The lowest BCUT2D eigenvalue weighted by molar-refractivity contribution is -0.168. The van der Waals surface area contributed by atoms with E-state index in [0.29, 0.717) is 23.9 Å². The normalized spacial score (nSPS) is 47.2. The molecule has 0 heterocycles. The summed E-state index contributed by atoms with van der Waals surface area (Å²) in [6.45, 7) is 20.9. The Morgan fingerprint density at radius 1 is 0.895 bits per heavy atom. The summed E-state index contributed by atoms with van der Waals surface area (Å²) in [5.41, 5.74) is 4.12. The van der Waals surface area contributed by atoms with Gasteiger partial charge in [0, 0.05) is 24.7 Å². The third kappa shape index (κ3) is 3.89. The number of fused-ring (bicyclic) bond motifs is 6. The van der Waals surface area contributed by atoms with Gasteiger partial charge in [0.1, 0.15) is 6.10 Å². The van der Waals surface area contributed by atoms with Crippen molar-refractivity contribution >= 4 is 11.9 Å². The zero-order valence-electron chi connectivity index (χ0n) is 25.6. The first-order valence-electron chi connectivity index (χ1n) is 15.2. The Morgan fingerprint density at radius 2 is 1.58 bits per heavy atom. The van der Waals surface area contributed by atoms with E-state index in [1.165, 1.54) is 39.0 Å². The van der Waals surface area contributed by atoms with E-state index in [9.17, 15) is 9.59 Å². The third-order valence-corrected chi connectivity index (χ3v) is 13.2. The van der Waals surface area contributed by atoms with Crippen molar-refractivity contribution in [1.29, 1.82) is 0 Å². The van der Waals surface area contributed by atoms with Crippen LogP contribution in [-0.4, -0.2) is 24.6 Å². The summed E-state index contributed by atoms with van der Waals surface area (Å²) in [6.07, 6.45) is 15.5. The Hall–Kier alpha value is -1.58. The Labute approximate surface area is 231 Å². The molecular formula is C34H52O4. The molecule has 0 spiro atoms. The highest BCUT2D eigenvalue weighted by atomic mass is 16.5. The number of carbonyl (C=O) groups is 2. The van der Waals surface area contributed by atoms with E-state index in [4.69, 9.17) is 9.47 Å². The average molecular weight is 525 g/mol. The molecule has 212 valence electrons. The number of allylic oxidation sites excluding steroid dienone is 4. The predicted molar refractivity (Wildman–Crippen MR) is 151 cm³/mol. The molecule has 4 heteroatoms. The maximum atomic E-state index is 11.9. The van der Waals surface area contributed by atoms with Gasteiger partial charge in [-0.1, -0.05) is 66.2 Å². The first-order chi connectivity index (χ1) is 17.5. The van der Waals surface area contributed by atoms with Crippen LogP contribution in [0.25, 0.3) is 0 Å². The highest BCUT2D eigenvalue weighted by Crippen LogP contribution is 2.74. The molecule has 0 aromatic heterocycles. The van der Waals surface area contributed by atoms with Gasteiger partial charge in [-0.25, -0.2) is 0 Å². The van der Waals surface area contributed by atoms with Gasteiger partial charge in [0.25, 0.3) is 0 Å². The molecule has 0 aliphatic heterocycles. The molecular weight excluding hydrogens is 472 g/mol. The molecule has 0 unspecified atom stereocenters. The van der Waals surface area contributed by atoms with Gasteiger partial charge in [-0.15, -0.1) is 0 Å². The minimum atomic E-state index is -0.161. The number of esters is 2. The van der Waals surface area contributed by atoms with Gasteiger partial charge in [0.2, 0.25) is 0 Å². The summed E-state index contributed by atoms with van der Waals surface area (Å²) in [6, 6.07) is 0. The Kier molecular flexibility index (Phi) is 6.41. The van der Waals surface area contributed by atoms with Crippen LogP contribution in [0.1, 0.15) is 120 Å². The van der Waals surface area contributed by atoms with Gasteiger partial charge >= 0.3 is 11.9 Å². The number of hydrogen-bond donors (Lipinski definition) is 0. The van der Waals surface area contributed by atoms with Gasteiger partial charge in [-0.3, -0.25) is 9.59 Å². The van der Waals surface area contributed by atoms with Crippen LogP contribution in [-0.2, 0) is 19.1 Å². The summed E-state index contributed by atoms with van der Waals surface area (Å²) in [5, 5.41) is 0. The van der Waals surface area contributed by atoms with Crippen LogP contribution in [0.4, 0.5) is 0 Å². The van der Waals surface area contributed by atoms with Crippen LogP contribution in [0.2, 0.25) is 0 Å². The van der Waals surface area contributed by atoms with E-state index < -0.39 is 0 Å².